The van der Waals surface area contributed by atoms with Crippen molar-refractivity contribution in [3.05, 3.63) is 35.1 Å². The summed E-state index contributed by atoms with van der Waals surface area (Å²) in [5, 5.41) is 22.6. The minimum absolute atomic E-state index is 0.100. The molecule has 1 heterocycles. The van der Waals surface area contributed by atoms with Crippen LogP contribution in [0.4, 0.5) is 16.3 Å². The van der Waals surface area contributed by atoms with E-state index in [-0.39, 0.29) is 11.6 Å². The van der Waals surface area contributed by atoms with Crippen LogP contribution < -0.4 is 16.4 Å². The van der Waals surface area contributed by atoms with Crippen molar-refractivity contribution in [1.29, 1.82) is 5.41 Å². The molecule has 1 saturated carbocycles. The van der Waals surface area contributed by atoms with E-state index < -0.39 is 11.9 Å². The first kappa shape index (κ1) is 20.9. The van der Waals surface area contributed by atoms with E-state index in [9.17, 15) is 4.79 Å². The normalized spacial score (nSPS) is 18.8. The number of rotatable bonds is 5. The highest BCUT2D eigenvalue weighted by Crippen LogP contribution is 2.33. The van der Waals surface area contributed by atoms with E-state index in [0.29, 0.717) is 27.9 Å². The first-order chi connectivity index (χ1) is 13.8. The number of nitrogens with two attached hydrogens (primary N) is 1. The van der Waals surface area contributed by atoms with E-state index in [1.165, 1.54) is 12.8 Å². The molecule has 0 atom stereocenters. The standard InChI is InChI=1S/C20H25ClN6O2/c1-11-5-7-12(8-6-11)10-24-16-15(13-3-2-4-14(21)9-13)25-19(26-17(16)22)18(23)27-20(28)29/h2-4,9,11-12,24H,5-8,10H2,1H3,(H2,23,27)(H,28,29)(H2,22,25,26). The van der Waals surface area contributed by atoms with Gasteiger partial charge in [-0.05, 0) is 36.8 Å². The number of carbonyl (C=O) groups is 1. The molecule has 0 aliphatic heterocycles. The Bertz CT molecular complexity index is 912. The Kier molecular flexibility index (Phi) is 6.53. The van der Waals surface area contributed by atoms with Gasteiger partial charge in [0.25, 0.3) is 0 Å². The summed E-state index contributed by atoms with van der Waals surface area (Å²) in [5.41, 5.74) is 7.94. The summed E-state index contributed by atoms with van der Waals surface area (Å²) in [6, 6.07) is 7.12. The highest BCUT2D eigenvalue weighted by atomic mass is 35.5. The quantitative estimate of drug-likeness (QED) is 0.365. The van der Waals surface area contributed by atoms with Crippen LogP contribution in [0.1, 0.15) is 38.4 Å². The maximum Gasteiger partial charge on any atom is 0.410 e. The molecule has 9 heteroatoms. The molecule has 0 unspecified atom stereocenters. The topological polar surface area (TPSA) is 137 Å². The Morgan fingerprint density at radius 3 is 2.69 bits per heavy atom. The lowest BCUT2D eigenvalue weighted by atomic mass is 9.83. The molecule has 1 aromatic heterocycles. The number of aromatic nitrogens is 2. The maximum atomic E-state index is 10.9. The minimum atomic E-state index is -1.37. The van der Waals surface area contributed by atoms with Crippen LogP contribution in [0, 0.1) is 17.2 Å². The molecule has 6 N–H and O–H groups in total. The van der Waals surface area contributed by atoms with Gasteiger partial charge in [0.1, 0.15) is 5.69 Å². The van der Waals surface area contributed by atoms with E-state index in [1.807, 2.05) is 11.4 Å². The number of amides is 1. The summed E-state index contributed by atoms with van der Waals surface area (Å²) in [7, 11) is 0. The number of hydrogen-bond donors (Lipinski definition) is 5. The van der Waals surface area contributed by atoms with Gasteiger partial charge in [0.2, 0.25) is 0 Å². The molecule has 1 fully saturated rings. The summed E-state index contributed by atoms with van der Waals surface area (Å²) < 4.78 is 0. The van der Waals surface area contributed by atoms with Gasteiger partial charge in [-0.3, -0.25) is 10.7 Å². The summed E-state index contributed by atoms with van der Waals surface area (Å²) in [5.74, 6) is 0.932. The second-order valence-corrected chi connectivity index (χ2v) is 7.91. The average Bonchev–Trinajstić information content (AvgIpc) is 2.67. The molecule has 8 nitrogen and oxygen atoms in total. The van der Waals surface area contributed by atoms with Crippen molar-refractivity contribution in [3.63, 3.8) is 0 Å². The Balaban J connectivity index is 1.93. The number of hydrogen-bond acceptors (Lipinski definition) is 6. The summed E-state index contributed by atoms with van der Waals surface area (Å²) in [6.07, 6.45) is 3.39. The number of nitrogen functional groups attached to an aromatic ring is 1. The van der Waals surface area contributed by atoms with Crippen LogP contribution in [-0.2, 0) is 0 Å². The first-order valence-corrected chi connectivity index (χ1v) is 9.97. The van der Waals surface area contributed by atoms with Gasteiger partial charge in [-0.1, -0.05) is 43.5 Å². The SMILES string of the molecule is CC1CCC(CNc2c(N)nc(C(=N)NC(=O)O)nc2-c2cccc(Cl)c2)CC1. The fourth-order valence-electron chi connectivity index (χ4n) is 3.55. The van der Waals surface area contributed by atoms with Crippen molar-refractivity contribution < 1.29 is 9.90 Å². The molecule has 29 heavy (non-hydrogen) atoms. The lowest BCUT2D eigenvalue weighted by Gasteiger charge is -2.27. The number of nitrogens with one attached hydrogen (secondary N) is 3. The Morgan fingerprint density at radius 1 is 1.31 bits per heavy atom. The van der Waals surface area contributed by atoms with E-state index in [2.05, 4.69) is 22.2 Å². The molecule has 0 saturated heterocycles. The molecule has 0 bridgehead atoms. The molecule has 154 valence electrons. The van der Waals surface area contributed by atoms with E-state index >= 15 is 0 Å². The fourth-order valence-corrected chi connectivity index (χ4v) is 3.74. The molecular weight excluding hydrogens is 392 g/mol. The largest absolute Gasteiger partial charge is 0.465 e. The Labute approximate surface area is 174 Å². The number of nitrogens with zero attached hydrogens (tertiary/aromatic N) is 2. The van der Waals surface area contributed by atoms with Crippen LogP contribution in [-0.4, -0.2) is 33.5 Å². The van der Waals surface area contributed by atoms with Crippen LogP contribution in [0.25, 0.3) is 11.3 Å². The second kappa shape index (κ2) is 9.09. The third-order valence-electron chi connectivity index (χ3n) is 5.19. The fraction of sp³-hybridized carbons (Fsp3) is 0.400. The highest BCUT2D eigenvalue weighted by molar-refractivity contribution is 6.30. The molecule has 1 aliphatic carbocycles. The van der Waals surface area contributed by atoms with Crippen molar-refractivity contribution in [3.8, 4) is 11.3 Å². The van der Waals surface area contributed by atoms with Gasteiger partial charge in [0, 0.05) is 17.1 Å². The van der Waals surface area contributed by atoms with E-state index in [0.717, 1.165) is 25.3 Å². The van der Waals surface area contributed by atoms with Gasteiger partial charge >= 0.3 is 6.09 Å². The van der Waals surface area contributed by atoms with Crippen molar-refractivity contribution in [2.75, 3.05) is 17.6 Å². The van der Waals surface area contributed by atoms with Gasteiger partial charge in [-0.15, -0.1) is 0 Å². The van der Waals surface area contributed by atoms with Crippen LogP contribution >= 0.6 is 11.6 Å². The van der Waals surface area contributed by atoms with Crippen molar-refractivity contribution in [2.45, 2.75) is 32.6 Å². The molecule has 3 rings (SSSR count). The van der Waals surface area contributed by atoms with Crippen LogP contribution in [0.2, 0.25) is 5.02 Å². The first-order valence-electron chi connectivity index (χ1n) is 9.59. The van der Waals surface area contributed by atoms with Crippen molar-refractivity contribution in [1.82, 2.24) is 15.3 Å². The molecule has 1 aliphatic rings. The molecule has 0 radical (unpaired) electrons. The zero-order chi connectivity index (χ0) is 21.0. The molecule has 1 amide bonds. The summed E-state index contributed by atoms with van der Waals surface area (Å²) >= 11 is 6.14. The zero-order valence-corrected chi connectivity index (χ0v) is 17.0. The van der Waals surface area contributed by atoms with Gasteiger partial charge in [0.05, 0.1) is 5.69 Å². The highest BCUT2D eigenvalue weighted by Gasteiger charge is 2.21. The molecule has 0 spiro atoms. The smallest absolute Gasteiger partial charge is 0.410 e. The third-order valence-corrected chi connectivity index (χ3v) is 5.43. The van der Waals surface area contributed by atoms with Crippen molar-refractivity contribution >= 4 is 35.0 Å². The van der Waals surface area contributed by atoms with Gasteiger partial charge < -0.3 is 16.2 Å². The number of halogens is 1. The summed E-state index contributed by atoms with van der Waals surface area (Å²) in [6.45, 7) is 3.03. The van der Waals surface area contributed by atoms with Gasteiger partial charge in [0.15, 0.2) is 17.5 Å². The average molecular weight is 417 g/mol. The summed E-state index contributed by atoms with van der Waals surface area (Å²) in [4.78, 5) is 19.4. The third kappa shape index (κ3) is 5.35. The Morgan fingerprint density at radius 2 is 2.03 bits per heavy atom. The number of amidine groups is 1. The minimum Gasteiger partial charge on any atom is -0.465 e. The zero-order valence-electron chi connectivity index (χ0n) is 16.2. The van der Waals surface area contributed by atoms with Gasteiger partial charge in [-0.25, -0.2) is 14.8 Å². The lowest BCUT2D eigenvalue weighted by molar-refractivity contribution is 0.200. The lowest BCUT2D eigenvalue weighted by Crippen LogP contribution is -2.31. The monoisotopic (exact) mass is 416 g/mol. The predicted octanol–water partition coefficient (Wildman–Crippen LogP) is 4.21. The number of benzene rings is 1. The maximum absolute atomic E-state index is 10.9. The Hall–Kier alpha value is -2.87. The van der Waals surface area contributed by atoms with Crippen LogP contribution in [0.3, 0.4) is 0 Å². The predicted molar refractivity (Wildman–Crippen MR) is 114 cm³/mol. The van der Waals surface area contributed by atoms with E-state index in [4.69, 9.17) is 27.9 Å². The molecular formula is C20H25ClN6O2. The van der Waals surface area contributed by atoms with Crippen molar-refractivity contribution in [2.24, 2.45) is 11.8 Å². The van der Waals surface area contributed by atoms with Crippen LogP contribution in [0.5, 0.6) is 0 Å². The van der Waals surface area contributed by atoms with Crippen LogP contribution in [0.15, 0.2) is 24.3 Å². The van der Waals surface area contributed by atoms with Gasteiger partial charge in [-0.2, -0.15) is 0 Å². The number of carboxylic acid groups (broad SMARTS) is 1. The molecule has 2 aromatic rings. The number of anilines is 2. The molecule has 1 aromatic carbocycles. The second-order valence-electron chi connectivity index (χ2n) is 7.48. The van der Waals surface area contributed by atoms with E-state index in [1.54, 1.807) is 18.2 Å².